The van der Waals surface area contributed by atoms with Gasteiger partial charge in [0.05, 0.1) is 19.1 Å². The van der Waals surface area contributed by atoms with Crippen LogP contribution >= 0.6 is 0 Å². The summed E-state index contributed by atoms with van der Waals surface area (Å²) >= 11 is 0. The quantitative estimate of drug-likeness (QED) is 0.452. The Morgan fingerprint density at radius 2 is 1.67 bits per heavy atom. The van der Waals surface area contributed by atoms with E-state index in [0.717, 1.165) is 5.56 Å². The molecule has 0 saturated heterocycles. The highest BCUT2D eigenvalue weighted by molar-refractivity contribution is 5.94. The summed E-state index contributed by atoms with van der Waals surface area (Å²) in [6.07, 6.45) is 3.64. The molecule has 0 radical (unpaired) electrons. The molecular formula is C23H26N2O5. The second-order valence-corrected chi connectivity index (χ2v) is 6.87. The molecule has 0 aliphatic heterocycles. The Labute approximate surface area is 175 Å². The van der Waals surface area contributed by atoms with Gasteiger partial charge in [-0.3, -0.25) is 9.59 Å². The second kappa shape index (κ2) is 11.0. The first-order valence-corrected chi connectivity index (χ1v) is 9.83. The van der Waals surface area contributed by atoms with Crippen LogP contribution in [0.25, 0.3) is 0 Å². The molecule has 0 spiro atoms. The molecule has 2 aromatic heterocycles. The summed E-state index contributed by atoms with van der Waals surface area (Å²) in [4.78, 5) is 29.2. The van der Waals surface area contributed by atoms with Gasteiger partial charge in [0, 0.05) is 26.8 Å². The standard InChI is InChI=1S/C23H26N2O5/c1-28-13-7-12-24(23(27)21-11-6-15-30-21)18-22(26)25(17-20-10-5-14-29-20)16-19-8-3-2-4-9-19/h2-6,8-11,14-15H,7,12-13,16-18H2,1H3. The van der Waals surface area contributed by atoms with Crippen molar-refractivity contribution >= 4 is 11.8 Å². The molecule has 2 heterocycles. The first kappa shape index (κ1) is 21.4. The Morgan fingerprint density at radius 1 is 0.900 bits per heavy atom. The molecule has 158 valence electrons. The summed E-state index contributed by atoms with van der Waals surface area (Å²) in [7, 11) is 1.61. The third kappa shape index (κ3) is 6.09. The van der Waals surface area contributed by atoms with E-state index in [1.54, 1.807) is 36.5 Å². The molecule has 0 fully saturated rings. The van der Waals surface area contributed by atoms with Crippen LogP contribution in [0.2, 0.25) is 0 Å². The van der Waals surface area contributed by atoms with Gasteiger partial charge in [-0.15, -0.1) is 0 Å². The average molecular weight is 410 g/mol. The van der Waals surface area contributed by atoms with Crippen LogP contribution in [0.4, 0.5) is 0 Å². The Kier molecular flexibility index (Phi) is 7.86. The predicted octanol–water partition coefficient (Wildman–Crippen LogP) is 3.58. The first-order valence-electron chi connectivity index (χ1n) is 9.83. The van der Waals surface area contributed by atoms with E-state index in [1.165, 1.54) is 11.2 Å². The van der Waals surface area contributed by atoms with Crippen molar-refractivity contribution in [1.29, 1.82) is 0 Å². The van der Waals surface area contributed by atoms with Crippen molar-refractivity contribution in [2.45, 2.75) is 19.5 Å². The number of furan rings is 2. The zero-order chi connectivity index (χ0) is 21.2. The number of nitrogens with zero attached hydrogens (tertiary/aromatic N) is 2. The molecule has 0 atom stereocenters. The van der Waals surface area contributed by atoms with E-state index in [0.29, 0.717) is 38.4 Å². The molecule has 0 aliphatic rings. The largest absolute Gasteiger partial charge is 0.467 e. The van der Waals surface area contributed by atoms with Crippen molar-refractivity contribution in [2.75, 3.05) is 26.8 Å². The SMILES string of the molecule is COCCCN(CC(=O)N(Cc1ccccc1)Cc1ccco1)C(=O)c1ccco1. The van der Waals surface area contributed by atoms with Crippen molar-refractivity contribution in [3.63, 3.8) is 0 Å². The van der Waals surface area contributed by atoms with Crippen LogP contribution in [-0.2, 0) is 22.6 Å². The molecule has 0 aliphatic carbocycles. The summed E-state index contributed by atoms with van der Waals surface area (Å²) in [5.74, 6) is 0.401. The van der Waals surface area contributed by atoms with Gasteiger partial charge in [0.25, 0.3) is 5.91 Å². The number of carbonyl (C=O) groups is 2. The van der Waals surface area contributed by atoms with E-state index in [-0.39, 0.29) is 24.1 Å². The third-order valence-electron chi connectivity index (χ3n) is 4.62. The van der Waals surface area contributed by atoms with E-state index in [1.807, 2.05) is 36.4 Å². The van der Waals surface area contributed by atoms with Crippen LogP contribution in [0.1, 0.15) is 28.3 Å². The van der Waals surface area contributed by atoms with E-state index in [2.05, 4.69) is 0 Å². The van der Waals surface area contributed by atoms with Crippen molar-refractivity contribution in [3.05, 3.63) is 84.2 Å². The molecule has 3 aromatic rings. The highest BCUT2D eigenvalue weighted by atomic mass is 16.5. The Bertz CT molecular complexity index is 891. The molecule has 0 N–H and O–H groups in total. The van der Waals surface area contributed by atoms with E-state index in [9.17, 15) is 9.59 Å². The number of amides is 2. The monoisotopic (exact) mass is 410 g/mol. The maximum atomic E-state index is 13.2. The molecular weight excluding hydrogens is 384 g/mol. The molecule has 30 heavy (non-hydrogen) atoms. The molecule has 0 saturated carbocycles. The maximum Gasteiger partial charge on any atom is 0.290 e. The lowest BCUT2D eigenvalue weighted by atomic mass is 10.2. The number of hydrogen-bond acceptors (Lipinski definition) is 5. The zero-order valence-electron chi connectivity index (χ0n) is 17.0. The van der Waals surface area contributed by atoms with Gasteiger partial charge < -0.3 is 23.4 Å². The fourth-order valence-electron chi connectivity index (χ4n) is 3.10. The van der Waals surface area contributed by atoms with Crippen LogP contribution in [0.3, 0.4) is 0 Å². The molecule has 7 heteroatoms. The Balaban J connectivity index is 1.74. The van der Waals surface area contributed by atoms with Gasteiger partial charge in [-0.1, -0.05) is 30.3 Å². The summed E-state index contributed by atoms with van der Waals surface area (Å²) in [6, 6.07) is 16.6. The maximum absolute atomic E-state index is 13.2. The van der Waals surface area contributed by atoms with Gasteiger partial charge in [-0.25, -0.2) is 0 Å². The number of methoxy groups -OCH3 is 1. The molecule has 1 aromatic carbocycles. The van der Waals surface area contributed by atoms with Crippen molar-refractivity contribution in [1.82, 2.24) is 9.80 Å². The molecule has 0 bridgehead atoms. The number of carbonyl (C=O) groups excluding carboxylic acids is 2. The lowest BCUT2D eigenvalue weighted by molar-refractivity contribution is -0.133. The smallest absolute Gasteiger partial charge is 0.290 e. The van der Waals surface area contributed by atoms with Crippen LogP contribution in [0.5, 0.6) is 0 Å². The first-order chi connectivity index (χ1) is 14.7. The van der Waals surface area contributed by atoms with E-state index >= 15 is 0 Å². The molecule has 7 nitrogen and oxygen atoms in total. The summed E-state index contributed by atoms with van der Waals surface area (Å²) < 4.78 is 15.8. The predicted molar refractivity (Wildman–Crippen MR) is 111 cm³/mol. The number of hydrogen-bond donors (Lipinski definition) is 0. The normalized spacial score (nSPS) is 10.7. The van der Waals surface area contributed by atoms with E-state index < -0.39 is 0 Å². The third-order valence-corrected chi connectivity index (χ3v) is 4.62. The van der Waals surface area contributed by atoms with Gasteiger partial charge in [0.1, 0.15) is 12.3 Å². The minimum atomic E-state index is -0.317. The fraction of sp³-hybridized carbons (Fsp3) is 0.304. The van der Waals surface area contributed by atoms with Crippen molar-refractivity contribution < 1.29 is 23.2 Å². The van der Waals surface area contributed by atoms with Crippen molar-refractivity contribution in [3.8, 4) is 0 Å². The molecule has 0 unspecified atom stereocenters. The minimum absolute atomic E-state index is 0.0587. The average Bonchev–Trinajstić information content (AvgIpc) is 3.47. The number of rotatable bonds is 11. The van der Waals surface area contributed by atoms with E-state index in [4.69, 9.17) is 13.6 Å². The zero-order valence-corrected chi connectivity index (χ0v) is 17.0. The van der Waals surface area contributed by atoms with Gasteiger partial charge in [-0.2, -0.15) is 0 Å². The number of benzene rings is 1. The number of ether oxygens (including phenoxy) is 1. The lowest BCUT2D eigenvalue weighted by Crippen LogP contribution is -2.43. The van der Waals surface area contributed by atoms with Crippen LogP contribution in [0, 0.1) is 0 Å². The Hall–Kier alpha value is -3.32. The minimum Gasteiger partial charge on any atom is -0.467 e. The highest BCUT2D eigenvalue weighted by Gasteiger charge is 2.24. The molecule has 2 amide bonds. The van der Waals surface area contributed by atoms with Gasteiger partial charge in [0.15, 0.2) is 5.76 Å². The Morgan fingerprint density at radius 3 is 2.33 bits per heavy atom. The second-order valence-electron chi connectivity index (χ2n) is 6.87. The van der Waals surface area contributed by atoms with Gasteiger partial charge in [-0.05, 0) is 36.2 Å². The summed E-state index contributed by atoms with van der Waals surface area (Å²) in [5, 5.41) is 0. The topological polar surface area (TPSA) is 76.1 Å². The van der Waals surface area contributed by atoms with Crippen LogP contribution in [-0.4, -0.2) is 48.4 Å². The van der Waals surface area contributed by atoms with Crippen molar-refractivity contribution in [2.24, 2.45) is 0 Å². The summed E-state index contributed by atoms with van der Waals surface area (Å²) in [5.41, 5.74) is 1.00. The molecule has 3 rings (SSSR count). The summed E-state index contributed by atoms with van der Waals surface area (Å²) in [6.45, 7) is 1.56. The lowest BCUT2D eigenvalue weighted by Gasteiger charge is -2.27. The highest BCUT2D eigenvalue weighted by Crippen LogP contribution is 2.13. The van der Waals surface area contributed by atoms with Crippen LogP contribution in [0.15, 0.2) is 76.0 Å². The van der Waals surface area contributed by atoms with Crippen LogP contribution < -0.4 is 0 Å². The van der Waals surface area contributed by atoms with Gasteiger partial charge >= 0.3 is 0 Å². The van der Waals surface area contributed by atoms with Gasteiger partial charge in [0.2, 0.25) is 5.91 Å². The fourth-order valence-corrected chi connectivity index (χ4v) is 3.10.